The molecule has 0 heterocycles. The minimum Gasteiger partial charge on any atom is -0.341 e. The second-order valence-corrected chi connectivity index (χ2v) is 5.16. The Bertz CT molecular complexity index is 271. The molecule has 0 bridgehead atoms. The molecule has 2 amide bonds. The highest BCUT2D eigenvalue weighted by Crippen LogP contribution is 2.27. The van der Waals surface area contributed by atoms with E-state index in [1.54, 1.807) is 7.05 Å². The van der Waals surface area contributed by atoms with Crippen LogP contribution in [0.25, 0.3) is 0 Å². The lowest BCUT2D eigenvalue weighted by atomic mass is 9.80. The summed E-state index contributed by atoms with van der Waals surface area (Å²) in [5.74, 6) is 0.440. The summed E-state index contributed by atoms with van der Waals surface area (Å²) in [6.45, 7) is 3.79. The molecule has 0 aromatic rings. The molecule has 0 saturated heterocycles. The van der Waals surface area contributed by atoms with Gasteiger partial charge in [-0.05, 0) is 18.8 Å². The average Bonchev–Trinajstić information content (AvgIpc) is 2.35. The van der Waals surface area contributed by atoms with Crippen LogP contribution in [-0.4, -0.2) is 24.9 Å². The predicted octanol–water partition coefficient (Wildman–Crippen LogP) is 2.09. The largest absolute Gasteiger partial charge is 0.341 e. The number of carbonyl (C=O) groups is 2. The van der Waals surface area contributed by atoms with E-state index in [1.165, 1.54) is 19.3 Å². The van der Waals surface area contributed by atoms with Crippen LogP contribution in [0.2, 0.25) is 0 Å². The van der Waals surface area contributed by atoms with E-state index in [2.05, 4.69) is 10.6 Å². The maximum absolute atomic E-state index is 12.2. The molecule has 1 fully saturated rings. The van der Waals surface area contributed by atoms with Crippen molar-refractivity contribution in [2.45, 2.75) is 52.0 Å². The zero-order valence-electron chi connectivity index (χ0n) is 11.1. The molecule has 1 atom stereocenters. The van der Waals surface area contributed by atoms with Gasteiger partial charge in [0.1, 0.15) is 0 Å². The molecule has 0 radical (unpaired) electrons. The first-order chi connectivity index (χ1) is 8.06. The Morgan fingerprint density at radius 2 is 1.71 bits per heavy atom. The number of Topliss-reactive ketones (excluding diaryl/α,β-unsaturated/α-hetero) is 1. The Morgan fingerprint density at radius 3 is 2.18 bits per heavy atom. The van der Waals surface area contributed by atoms with E-state index in [9.17, 15) is 9.59 Å². The summed E-state index contributed by atoms with van der Waals surface area (Å²) in [7, 11) is 1.58. The summed E-state index contributed by atoms with van der Waals surface area (Å²) in [5, 5.41) is 5.34. The molecule has 2 N–H and O–H groups in total. The number of hydrogen-bond acceptors (Lipinski definition) is 2. The van der Waals surface area contributed by atoms with E-state index < -0.39 is 0 Å². The lowest BCUT2D eigenvalue weighted by Crippen LogP contribution is -2.50. The second-order valence-electron chi connectivity index (χ2n) is 5.16. The third-order valence-electron chi connectivity index (χ3n) is 3.51. The van der Waals surface area contributed by atoms with Crippen molar-refractivity contribution < 1.29 is 9.59 Å². The zero-order chi connectivity index (χ0) is 12.8. The van der Waals surface area contributed by atoms with Crippen molar-refractivity contribution in [2.24, 2.45) is 11.8 Å². The molecule has 0 aliphatic heterocycles. The standard InChI is InChI=1S/C13H24N2O2/c1-9(2)12(16)11(15-13(17)14-3)10-7-5-4-6-8-10/h9-11H,4-8H2,1-3H3,(H2,14,15,17)/t11-/m0/s1. The van der Waals surface area contributed by atoms with E-state index in [0.717, 1.165) is 12.8 Å². The van der Waals surface area contributed by atoms with Crippen molar-refractivity contribution in [1.82, 2.24) is 10.6 Å². The van der Waals surface area contributed by atoms with Gasteiger partial charge in [-0.25, -0.2) is 4.79 Å². The van der Waals surface area contributed by atoms with Crippen LogP contribution in [0.3, 0.4) is 0 Å². The summed E-state index contributed by atoms with van der Waals surface area (Å²) in [5.41, 5.74) is 0. The van der Waals surface area contributed by atoms with Crippen molar-refractivity contribution in [1.29, 1.82) is 0 Å². The fourth-order valence-corrected chi connectivity index (χ4v) is 2.46. The van der Waals surface area contributed by atoms with Crippen LogP contribution in [0.1, 0.15) is 46.0 Å². The molecular formula is C13H24N2O2. The molecule has 1 saturated carbocycles. The van der Waals surface area contributed by atoms with E-state index in [-0.39, 0.29) is 23.8 Å². The molecular weight excluding hydrogens is 216 g/mol. The third-order valence-corrected chi connectivity index (χ3v) is 3.51. The smallest absolute Gasteiger partial charge is 0.315 e. The van der Waals surface area contributed by atoms with Crippen LogP contribution in [0.5, 0.6) is 0 Å². The van der Waals surface area contributed by atoms with Gasteiger partial charge in [0.15, 0.2) is 5.78 Å². The molecule has 1 rings (SSSR count). The first-order valence-electron chi connectivity index (χ1n) is 6.58. The maximum atomic E-state index is 12.2. The van der Waals surface area contributed by atoms with Crippen molar-refractivity contribution in [3.63, 3.8) is 0 Å². The van der Waals surface area contributed by atoms with E-state index in [0.29, 0.717) is 5.92 Å². The molecule has 0 unspecified atom stereocenters. The summed E-state index contributed by atoms with van der Waals surface area (Å²) in [4.78, 5) is 23.6. The normalized spacial score (nSPS) is 18.8. The molecule has 0 aromatic heterocycles. The molecule has 0 aromatic carbocycles. The van der Waals surface area contributed by atoms with Crippen molar-refractivity contribution in [3.8, 4) is 0 Å². The van der Waals surface area contributed by atoms with Gasteiger partial charge in [-0.1, -0.05) is 33.1 Å². The van der Waals surface area contributed by atoms with E-state index >= 15 is 0 Å². The highest BCUT2D eigenvalue weighted by molar-refractivity contribution is 5.90. The number of rotatable bonds is 4. The van der Waals surface area contributed by atoms with Crippen LogP contribution in [0.4, 0.5) is 4.79 Å². The number of hydrogen-bond donors (Lipinski definition) is 2. The molecule has 17 heavy (non-hydrogen) atoms. The highest BCUT2D eigenvalue weighted by atomic mass is 16.2. The number of ketones is 1. The number of nitrogens with one attached hydrogen (secondary N) is 2. The molecule has 0 spiro atoms. The van der Waals surface area contributed by atoms with Crippen LogP contribution in [0, 0.1) is 11.8 Å². The fourth-order valence-electron chi connectivity index (χ4n) is 2.46. The first kappa shape index (κ1) is 14.0. The Kier molecular flexibility index (Phi) is 5.45. The summed E-state index contributed by atoms with van der Waals surface area (Å²) < 4.78 is 0. The Morgan fingerprint density at radius 1 is 1.12 bits per heavy atom. The Labute approximate surface area is 104 Å². The van der Waals surface area contributed by atoms with Crippen molar-refractivity contribution in [2.75, 3.05) is 7.05 Å². The second kappa shape index (κ2) is 6.62. The Hall–Kier alpha value is -1.06. The molecule has 4 heteroatoms. The molecule has 98 valence electrons. The zero-order valence-corrected chi connectivity index (χ0v) is 11.1. The maximum Gasteiger partial charge on any atom is 0.315 e. The van der Waals surface area contributed by atoms with Crippen LogP contribution in [0.15, 0.2) is 0 Å². The monoisotopic (exact) mass is 240 g/mol. The van der Waals surface area contributed by atoms with Gasteiger partial charge in [0.05, 0.1) is 6.04 Å². The quantitative estimate of drug-likeness (QED) is 0.790. The lowest BCUT2D eigenvalue weighted by Gasteiger charge is -2.30. The van der Waals surface area contributed by atoms with E-state index in [1.807, 2.05) is 13.8 Å². The van der Waals surface area contributed by atoms with Gasteiger partial charge < -0.3 is 10.6 Å². The van der Waals surface area contributed by atoms with Gasteiger partial charge in [0.2, 0.25) is 0 Å². The van der Waals surface area contributed by atoms with Crippen LogP contribution >= 0.6 is 0 Å². The fraction of sp³-hybridized carbons (Fsp3) is 0.846. The van der Waals surface area contributed by atoms with Gasteiger partial charge in [-0.15, -0.1) is 0 Å². The van der Waals surface area contributed by atoms with Crippen LogP contribution in [-0.2, 0) is 4.79 Å². The van der Waals surface area contributed by atoms with Gasteiger partial charge in [0.25, 0.3) is 0 Å². The summed E-state index contributed by atoms with van der Waals surface area (Å²) in [6, 6.07) is -0.565. The van der Waals surface area contributed by atoms with Gasteiger partial charge in [0, 0.05) is 13.0 Å². The van der Waals surface area contributed by atoms with Crippen molar-refractivity contribution >= 4 is 11.8 Å². The first-order valence-corrected chi connectivity index (χ1v) is 6.58. The van der Waals surface area contributed by atoms with Gasteiger partial charge in [-0.3, -0.25) is 4.79 Å². The van der Waals surface area contributed by atoms with Gasteiger partial charge in [-0.2, -0.15) is 0 Å². The SMILES string of the molecule is CNC(=O)N[C@H](C(=O)C(C)C)C1CCCCC1. The molecule has 1 aliphatic carbocycles. The number of urea groups is 1. The topological polar surface area (TPSA) is 58.2 Å². The minimum absolute atomic E-state index is 0.0286. The predicted molar refractivity (Wildman–Crippen MR) is 67.8 cm³/mol. The van der Waals surface area contributed by atoms with Gasteiger partial charge >= 0.3 is 6.03 Å². The van der Waals surface area contributed by atoms with Crippen LogP contribution < -0.4 is 10.6 Å². The highest BCUT2D eigenvalue weighted by Gasteiger charge is 2.31. The molecule has 1 aliphatic rings. The number of carbonyl (C=O) groups excluding carboxylic acids is 2. The Balaban J connectivity index is 2.69. The molecule has 4 nitrogen and oxygen atoms in total. The minimum atomic E-state index is -0.310. The summed E-state index contributed by atoms with van der Waals surface area (Å²) in [6.07, 6.45) is 5.68. The van der Waals surface area contributed by atoms with E-state index in [4.69, 9.17) is 0 Å². The summed E-state index contributed by atoms with van der Waals surface area (Å²) >= 11 is 0. The number of amides is 2. The lowest BCUT2D eigenvalue weighted by molar-refractivity contribution is -0.125. The third kappa shape index (κ3) is 4.02. The average molecular weight is 240 g/mol. The van der Waals surface area contributed by atoms with Crippen molar-refractivity contribution in [3.05, 3.63) is 0 Å².